The third-order valence-electron chi connectivity index (χ3n) is 6.55. The summed E-state index contributed by atoms with van der Waals surface area (Å²) >= 11 is 0. The highest BCUT2D eigenvalue weighted by Crippen LogP contribution is 2.39. The predicted molar refractivity (Wildman–Crippen MR) is 112 cm³/mol. The molecule has 2 aliphatic rings. The quantitative estimate of drug-likeness (QED) is 0.692. The zero-order chi connectivity index (χ0) is 18.9. The van der Waals surface area contributed by atoms with Gasteiger partial charge in [0.15, 0.2) is 0 Å². The number of H-pyrrole nitrogens is 1. The number of para-hydroxylation sites is 1. The van der Waals surface area contributed by atoms with Crippen molar-refractivity contribution in [2.45, 2.75) is 44.4 Å². The Hall–Kier alpha value is -2.62. The van der Waals surface area contributed by atoms with Gasteiger partial charge in [0, 0.05) is 59.5 Å². The second-order valence-corrected chi connectivity index (χ2v) is 8.30. The van der Waals surface area contributed by atoms with Crippen LogP contribution < -0.4 is 0 Å². The molecule has 1 N–H and O–H groups in total. The first-order valence-electron chi connectivity index (χ1n) is 10.6. The van der Waals surface area contributed by atoms with Crippen LogP contribution in [0.3, 0.4) is 0 Å². The molecule has 3 aromatic rings. The van der Waals surface area contributed by atoms with Gasteiger partial charge in [0.1, 0.15) is 0 Å². The Morgan fingerprint density at radius 1 is 1.00 bits per heavy atom. The van der Waals surface area contributed by atoms with E-state index in [-0.39, 0.29) is 5.92 Å². The second-order valence-electron chi connectivity index (χ2n) is 8.30. The number of pyridine rings is 1. The third-order valence-corrected chi connectivity index (χ3v) is 6.55. The van der Waals surface area contributed by atoms with Crippen molar-refractivity contribution < 1.29 is 4.79 Å². The van der Waals surface area contributed by atoms with Gasteiger partial charge in [-0.2, -0.15) is 0 Å². The number of amides is 1. The van der Waals surface area contributed by atoms with Crippen molar-refractivity contribution in [1.82, 2.24) is 14.9 Å². The molecule has 1 aliphatic carbocycles. The van der Waals surface area contributed by atoms with Gasteiger partial charge in [-0.05, 0) is 49.4 Å². The van der Waals surface area contributed by atoms with E-state index in [0.29, 0.717) is 11.8 Å². The molecule has 1 saturated heterocycles. The summed E-state index contributed by atoms with van der Waals surface area (Å²) in [5, 5.41) is 1.25. The van der Waals surface area contributed by atoms with Crippen LogP contribution in [-0.2, 0) is 4.79 Å². The number of nitrogens with zero attached hydrogens (tertiary/aromatic N) is 2. The number of fused-ring (bicyclic) bond motifs is 1. The number of benzene rings is 1. The lowest BCUT2D eigenvalue weighted by molar-refractivity contribution is -0.136. The first kappa shape index (κ1) is 17.5. The zero-order valence-corrected chi connectivity index (χ0v) is 16.2. The highest BCUT2D eigenvalue weighted by atomic mass is 16.2. The molecule has 1 aliphatic heterocycles. The van der Waals surface area contributed by atoms with Crippen molar-refractivity contribution in [3.8, 4) is 11.1 Å². The first-order valence-corrected chi connectivity index (χ1v) is 10.6. The van der Waals surface area contributed by atoms with E-state index < -0.39 is 0 Å². The average Bonchev–Trinajstić information content (AvgIpc) is 3.42. The maximum atomic E-state index is 13.0. The van der Waals surface area contributed by atoms with Crippen LogP contribution >= 0.6 is 0 Å². The Kier molecular flexibility index (Phi) is 4.63. The lowest BCUT2D eigenvalue weighted by Gasteiger charge is -2.34. The predicted octanol–water partition coefficient (Wildman–Crippen LogP) is 5.13. The maximum Gasteiger partial charge on any atom is 0.225 e. The molecule has 144 valence electrons. The Morgan fingerprint density at radius 2 is 1.79 bits per heavy atom. The Morgan fingerprint density at radius 3 is 2.61 bits per heavy atom. The molecule has 1 aromatic carbocycles. The summed E-state index contributed by atoms with van der Waals surface area (Å²) in [6.45, 7) is 1.75. The van der Waals surface area contributed by atoms with E-state index in [1.54, 1.807) is 0 Å². The molecule has 4 heteroatoms. The summed E-state index contributed by atoms with van der Waals surface area (Å²) in [6.07, 6.45) is 10.5. The molecule has 1 saturated carbocycles. The number of hydrogen-bond donors (Lipinski definition) is 1. The molecule has 3 heterocycles. The van der Waals surface area contributed by atoms with Gasteiger partial charge in [-0.15, -0.1) is 0 Å². The maximum absolute atomic E-state index is 13.0. The molecule has 4 nitrogen and oxygen atoms in total. The number of rotatable bonds is 3. The normalized spacial score (nSPS) is 20.7. The van der Waals surface area contributed by atoms with Gasteiger partial charge in [-0.25, -0.2) is 0 Å². The monoisotopic (exact) mass is 373 g/mol. The van der Waals surface area contributed by atoms with E-state index in [2.05, 4.69) is 51.3 Å². The van der Waals surface area contributed by atoms with Crippen molar-refractivity contribution >= 4 is 16.8 Å². The summed E-state index contributed by atoms with van der Waals surface area (Å²) in [7, 11) is 0. The fourth-order valence-electron chi connectivity index (χ4n) is 5.14. The van der Waals surface area contributed by atoms with Crippen LogP contribution in [-0.4, -0.2) is 33.9 Å². The number of aromatic nitrogens is 2. The zero-order valence-electron chi connectivity index (χ0n) is 16.2. The van der Waals surface area contributed by atoms with Crippen LogP contribution in [0.25, 0.3) is 22.0 Å². The number of nitrogens with one attached hydrogen (secondary N) is 1. The smallest absolute Gasteiger partial charge is 0.225 e. The average molecular weight is 374 g/mol. The minimum atomic E-state index is 0.265. The van der Waals surface area contributed by atoms with Gasteiger partial charge in [-0.3, -0.25) is 9.78 Å². The van der Waals surface area contributed by atoms with Crippen LogP contribution in [0.5, 0.6) is 0 Å². The van der Waals surface area contributed by atoms with Crippen LogP contribution in [0.2, 0.25) is 0 Å². The van der Waals surface area contributed by atoms with Crippen LogP contribution in [0.1, 0.15) is 50.1 Å². The highest BCUT2D eigenvalue weighted by Gasteiger charge is 2.32. The van der Waals surface area contributed by atoms with Gasteiger partial charge in [-0.1, -0.05) is 31.0 Å². The standard InChI is InChI=1S/C24H27N3O/c28-24(18-6-1-2-7-18)27-15-5-8-19(16-27)23-22(17-11-13-25-14-12-17)20-9-3-4-10-21(20)26-23/h3-4,9-14,18-19,26H,1-2,5-8,15-16H2. The van der Waals surface area contributed by atoms with Crippen LogP contribution in [0.15, 0.2) is 48.8 Å². The Bertz CT molecular complexity index is 972. The summed E-state index contributed by atoms with van der Waals surface area (Å²) in [6, 6.07) is 12.7. The summed E-state index contributed by atoms with van der Waals surface area (Å²) in [5.41, 5.74) is 4.92. The molecule has 0 bridgehead atoms. The van der Waals surface area contributed by atoms with Crippen molar-refractivity contribution in [3.05, 3.63) is 54.5 Å². The lowest BCUT2D eigenvalue weighted by atomic mass is 9.89. The van der Waals surface area contributed by atoms with Gasteiger partial charge in [0.25, 0.3) is 0 Å². The Labute approximate surface area is 166 Å². The fourth-order valence-corrected chi connectivity index (χ4v) is 5.14. The molecule has 28 heavy (non-hydrogen) atoms. The van der Waals surface area contributed by atoms with Crippen molar-refractivity contribution in [2.75, 3.05) is 13.1 Å². The van der Waals surface area contributed by atoms with Crippen molar-refractivity contribution in [2.24, 2.45) is 5.92 Å². The minimum absolute atomic E-state index is 0.265. The highest BCUT2D eigenvalue weighted by molar-refractivity contribution is 5.97. The molecule has 0 radical (unpaired) electrons. The molecular formula is C24H27N3O. The number of likely N-dealkylation sites (tertiary alicyclic amines) is 1. The number of carbonyl (C=O) groups excluding carboxylic acids is 1. The van der Waals surface area contributed by atoms with Gasteiger partial charge < -0.3 is 9.88 Å². The molecule has 5 rings (SSSR count). The van der Waals surface area contributed by atoms with E-state index >= 15 is 0 Å². The van der Waals surface area contributed by atoms with E-state index in [9.17, 15) is 4.79 Å². The van der Waals surface area contributed by atoms with E-state index in [4.69, 9.17) is 0 Å². The van der Waals surface area contributed by atoms with Gasteiger partial charge >= 0.3 is 0 Å². The van der Waals surface area contributed by atoms with E-state index in [1.165, 1.54) is 40.6 Å². The van der Waals surface area contributed by atoms with Gasteiger partial charge in [0.2, 0.25) is 5.91 Å². The summed E-state index contributed by atoms with van der Waals surface area (Å²) < 4.78 is 0. The molecule has 1 atom stereocenters. The Balaban J connectivity index is 1.51. The molecule has 1 amide bonds. The number of hydrogen-bond acceptors (Lipinski definition) is 2. The molecular weight excluding hydrogens is 346 g/mol. The second kappa shape index (κ2) is 7.42. The fraction of sp³-hybridized carbons (Fsp3) is 0.417. The van der Waals surface area contributed by atoms with Gasteiger partial charge in [0.05, 0.1) is 0 Å². The van der Waals surface area contributed by atoms with E-state index in [1.807, 2.05) is 12.4 Å². The third kappa shape index (κ3) is 3.11. The van der Waals surface area contributed by atoms with Crippen LogP contribution in [0, 0.1) is 5.92 Å². The SMILES string of the molecule is O=C(C1CCCC1)N1CCCC(c2[nH]c3ccccc3c2-c2ccncc2)C1. The number of piperidine rings is 1. The van der Waals surface area contributed by atoms with Crippen molar-refractivity contribution in [1.29, 1.82) is 0 Å². The topological polar surface area (TPSA) is 49.0 Å². The largest absolute Gasteiger partial charge is 0.358 e. The van der Waals surface area contributed by atoms with E-state index in [0.717, 1.165) is 38.8 Å². The number of carbonyl (C=O) groups is 1. The number of aromatic amines is 1. The summed E-state index contributed by atoms with van der Waals surface area (Å²) in [5.74, 6) is 1.01. The minimum Gasteiger partial charge on any atom is -0.358 e. The van der Waals surface area contributed by atoms with Crippen LogP contribution in [0.4, 0.5) is 0 Å². The lowest BCUT2D eigenvalue weighted by Crippen LogP contribution is -2.42. The summed E-state index contributed by atoms with van der Waals surface area (Å²) in [4.78, 5) is 23.1. The first-order chi connectivity index (χ1) is 13.8. The molecule has 0 spiro atoms. The molecule has 1 unspecified atom stereocenters. The molecule has 2 fully saturated rings. The van der Waals surface area contributed by atoms with Crippen molar-refractivity contribution in [3.63, 3.8) is 0 Å². The molecule has 2 aromatic heterocycles.